The Kier molecular flexibility index (Phi) is 5.27. The zero-order chi connectivity index (χ0) is 16.3. The van der Waals surface area contributed by atoms with Crippen molar-refractivity contribution in [2.24, 2.45) is 0 Å². The zero-order valence-electron chi connectivity index (χ0n) is 13.6. The highest BCUT2D eigenvalue weighted by Gasteiger charge is 2.35. The predicted molar refractivity (Wildman–Crippen MR) is 83.4 cm³/mol. The van der Waals surface area contributed by atoms with Crippen molar-refractivity contribution in [2.45, 2.75) is 50.9 Å². The zero-order valence-corrected chi connectivity index (χ0v) is 13.6. The lowest BCUT2D eigenvalue weighted by Gasteiger charge is -2.36. The van der Waals surface area contributed by atoms with Crippen LogP contribution < -0.4 is 9.80 Å². The second-order valence-corrected chi connectivity index (χ2v) is 7.07. The Bertz CT molecular complexity index is 501. The number of quaternary nitrogens is 2. The van der Waals surface area contributed by atoms with Gasteiger partial charge in [0, 0.05) is 5.56 Å². The van der Waals surface area contributed by atoms with Gasteiger partial charge in [-0.2, -0.15) is 13.2 Å². The molecule has 1 aliphatic carbocycles. The molecule has 0 unspecified atom stereocenters. The van der Waals surface area contributed by atoms with E-state index >= 15 is 0 Å². The number of hydrogen-bond acceptors (Lipinski definition) is 0. The molecule has 1 saturated carbocycles. The van der Waals surface area contributed by atoms with Gasteiger partial charge in [0.2, 0.25) is 0 Å². The molecule has 1 aromatic carbocycles. The Labute approximate surface area is 136 Å². The molecule has 1 saturated heterocycles. The molecule has 23 heavy (non-hydrogen) atoms. The van der Waals surface area contributed by atoms with Crippen LogP contribution in [0.15, 0.2) is 24.3 Å². The maximum Gasteiger partial charge on any atom is 0.416 e. The lowest BCUT2D eigenvalue weighted by atomic mass is 9.94. The fraction of sp³-hybridized carbons (Fsp3) is 0.667. The van der Waals surface area contributed by atoms with Gasteiger partial charge >= 0.3 is 6.18 Å². The van der Waals surface area contributed by atoms with Crippen LogP contribution in [0.25, 0.3) is 0 Å². The third kappa shape index (κ3) is 4.27. The summed E-state index contributed by atoms with van der Waals surface area (Å²) < 4.78 is 39.3. The van der Waals surface area contributed by atoms with Crippen LogP contribution in [-0.4, -0.2) is 32.2 Å². The molecule has 1 aliphatic heterocycles. The van der Waals surface area contributed by atoms with Gasteiger partial charge in [-0.15, -0.1) is 0 Å². The Hall–Kier alpha value is -1.07. The molecule has 128 valence electrons. The minimum absolute atomic E-state index is 0.441. The maximum atomic E-state index is 13.1. The molecule has 0 radical (unpaired) electrons. The fourth-order valence-corrected chi connectivity index (χ4v) is 4.24. The molecule has 5 heteroatoms. The lowest BCUT2D eigenvalue weighted by molar-refractivity contribution is -1.03. The number of benzene rings is 1. The van der Waals surface area contributed by atoms with Crippen LogP contribution in [0, 0.1) is 0 Å². The summed E-state index contributed by atoms with van der Waals surface area (Å²) in [7, 11) is 0. The van der Waals surface area contributed by atoms with E-state index in [1.54, 1.807) is 17.0 Å². The SMILES string of the molecule is FC(F)(F)c1ccccc1C[NH+]1CC[NH+](C2CCCCC2)CC1. The van der Waals surface area contributed by atoms with Crippen LogP contribution in [0.4, 0.5) is 13.2 Å². The first kappa shape index (κ1) is 16.8. The van der Waals surface area contributed by atoms with E-state index in [0.717, 1.165) is 32.2 Å². The number of alkyl halides is 3. The first-order valence-corrected chi connectivity index (χ1v) is 8.87. The van der Waals surface area contributed by atoms with Crippen LogP contribution in [0.5, 0.6) is 0 Å². The number of piperazine rings is 1. The summed E-state index contributed by atoms with van der Waals surface area (Å²) in [5, 5.41) is 0. The van der Waals surface area contributed by atoms with Crippen molar-refractivity contribution < 1.29 is 23.0 Å². The van der Waals surface area contributed by atoms with Crippen molar-refractivity contribution in [2.75, 3.05) is 26.2 Å². The van der Waals surface area contributed by atoms with Crippen LogP contribution >= 0.6 is 0 Å². The van der Waals surface area contributed by atoms with Crippen LogP contribution in [0.3, 0.4) is 0 Å². The topological polar surface area (TPSA) is 8.88 Å². The summed E-state index contributed by atoms with van der Waals surface area (Å²) >= 11 is 0. The summed E-state index contributed by atoms with van der Waals surface area (Å²) in [5.74, 6) is 0. The second-order valence-electron chi connectivity index (χ2n) is 7.07. The molecule has 1 heterocycles. The molecular formula is C18H27F3N2+2. The van der Waals surface area contributed by atoms with Crippen LogP contribution in [0.1, 0.15) is 43.2 Å². The number of halogens is 3. The molecule has 2 aliphatic rings. The lowest BCUT2D eigenvalue weighted by Crippen LogP contribution is -3.29. The number of nitrogens with one attached hydrogen (secondary N) is 2. The van der Waals surface area contributed by atoms with E-state index in [1.165, 1.54) is 49.1 Å². The first-order valence-electron chi connectivity index (χ1n) is 8.87. The molecular weight excluding hydrogens is 301 g/mol. The number of hydrogen-bond donors (Lipinski definition) is 2. The third-order valence-electron chi connectivity index (χ3n) is 5.55. The molecule has 1 aromatic rings. The van der Waals surface area contributed by atoms with Gasteiger partial charge in [0.1, 0.15) is 32.7 Å². The summed E-state index contributed by atoms with van der Waals surface area (Å²) in [6, 6.07) is 6.84. The Morgan fingerprint density at radius 1 is 0.913 bits per heavy atom. The summed E-state index contributed by atoms with van der Waals surface area (Å²) in [6.45, 7) is 4.67. The Morgan fingerprint density at radius 3 is 2.22 bits per heavy atom. The molecule has 2 nitrogen and oxygen atoms in total. The van der Waals surface area contributed by atoms with Gasteiger partial charge < -0.3 is 9.80 Å². The Balaban J connectivity index is 1.57. The Morgan fingerprint density at radius 2 is 1.57 bits per heavy atom. The molecule has 0 spiro atoms. The third-order valence-corrected chi connectivity index (χ3v) is 5.55. The van der Waals surface area contributed by atoms with E-state index in [-0.39, 0.29) is 0 Å². The van der Waals surface area contributed by atoms with Crippen molar-refractivity contribution in [1.29, 1.82) is 0 Å². The van der Waals surface area contributed by atoms with E-state index in [9.17, 15) is 13.2 Å². The first-order chi connectivity index (χ1) is 11.0. The average molecular weight is 328 g/mol. The second kappa shape index (κ2) is 7.22. The minimum atomic E-state index is -4.24. The van der Waals surface area contributed by atoms with Gasteiger partial charge in [-0.25, -0.2) is 0 Å². The summed E-state index contributed by atoms with van der Waals surface area (Å²) in [4.78, 5) is 2.99. The van der Waals surface area contributed by atoms with E-state index in [1.807, 2.05) is 0 Å². The molecule has 2 fully saturated rings. The fourth-order valence-electron chi connectivity index (χ4n) is 4.24. The van der Waals surface area contributed by atoms with Crippen molar-refractivity contribution >= 4 is 0 Å². The quantitative estimate of drug-likeness (QED) is 0.828. The van der Waals surface area contributed by atoms with Gasteiger partial charge in [0.25, 0.3) is 0 Å². The van der Waals surface area contributed by atoms with E-state index in [4.69, 9.17) is 0 Å². The van der Waals surface area contributed by atoms with Crippen LogP contribution in [-0.2, 0) is 12.7 Å². The molecule has 0 bridgehead atoms. The van der Waals surface area contributed by atoms with Crippen LogP contribution in [0.2, 0.25) is 0 Å². The summed E-state index contributed by atoms with van der Waals surface area (Å²) in [6.07, 6.45) is 2.50. The van der Waals surface area contributed by atoms with E-state index in [0.29, 0.717) is 12.1 Å². The average Bonchev–Trinajstić information content (AvgIpc) is 2.56. The highest BCUT2D eigenvalue weighted by molar-refractivity contribution is 5.28. The smallest absolute Gasteiger partial charge is 0.323 e. The molecule has 3 rings (SSSR count). The standard InChI is InChI=1S/C18H25F3N2/c19-18(20,21)17-9-5-4-6-15(17)14-22-10-12-23(13-11-22)16-7-2-1-3-8-16/h4-6,9,16H,1-3,7-8,10-14H2/p+2. The van der Waals surface area contributed by atoms with Gasteiger partial charge in [-0.3, -0.25) is 0 Å². The molecule has 0 amide bonds. The van der Waals surface area contributed by atoms with Crippen molar-refractivity contribution in [3.05, 3.63) is 35.4 Å². The highest BCUT2D eigenvalue weighted by Crippen LogP contribution is 2.31. The van der Waals surface area contributed by atoms with Crippen molar-refractivity contribution in [3.8, 4) is 0 Å². The minimum Gasteiger partial charge on any atom is -0.323 e. The number of rotatable bonds is 3. The van der Waals surface area contributed by atoms with Gasteiger partial charge in [0.05, 0.1) is 11.6 Å². The molecule has 2 N–H and O–H groups in total. The monoisotopic (exact) mass is 328 g/mol. The van der Waals surface area contributed by atoms with Gasteiger partial charge in [-0.05, 0) is 31.7 Å². The van der Waals surface area contributed by atoms with Crippen molar-refractivity contribution in [3.63, 3.8) is 0 Å². The maximum absolute atomic E-state index is 13.1. The normalized spacial score (nSPS) is 27.1. The van der Waals surface area contributed by atoms with E-state index in [2.05, 4.69) is 0 Å². The van der Waals surface area contributed by atoms with Gasteiger partial charge in [0.15, 0.2) is 0 Å². The largest absolute Gasteiger partial charge is 0.416 e. The molecule has 0 aromatic heterocycles. The van der Waals surface area contributed by atoms with Crippen molar-refractivity contribution in [1.82, 2.24) is 0 Å². The van der Waals surface area contributed by atoms with Gasteiger partial charge in [-0.1, -0.05) is 24.6 Å². The van der Waals surface area contributed by atoms with E-state index < -0.39 is 11.7 Å². The molecule has 0 atom stereocenters. The predicted octanol–water partition coefficient (Wildman–Crippen LogP) is 1.32. The summed E-state index contributed by atoms with van der Waals surface area (Å²) in [5.41, 5.74) is -0.0225. The highest BCUT2D eigenvalue weighted by atomic mass is 19.4.